The Morgan fingerprint density at radius 3 is 2.55 bits per heavy atom. The summed E-state index contributed by atoms with van der Waals surface area (Å²) in [6.07, 6.45) is 0. The summed E-state index contributed by atoms with van der Waals surface area (Å²) in [6, 6.07) is 4.91. The number of anilines is 1. The SMILES string of the molecule is Cc1ccc(F)c(S(=O)(=O)Nc2cc(Cl)nc(Cl)n2)c1. The molecule has 0 unspecified atom stereocenters. The van der Waals surface area contributed by atoms with Gasteiger partial charge in [0.25, 0.3) is 10.0 Å². The number of sulfonamides is 1. The maximum atomic E-state index is 13.6. The van der Waals surface area contributed by atoms with Crippen LogP contribution in [0.2, 0.25) is 10.4 Å². The fourth-order valence-corrected chi connectivity index (χ4v) is 3.02. The smallest absolute Gasteiger partial charge is 0.263 e. The zero-order valence-corrected chi connectivity index (χ0v) is 12.4. The highest BCUT2D eigenvalue weighted by molar-refractivity contribution is 7.92. The van der Waals surface area contributed by atoms with E-state index in [1.54, 1.807) is 6.92 Å². The van der Waals surface area contributed by atoms with E-state index in [4.69, 9.17) is 23.2 Å². The van der Waals surface area contributed by atoms with E-state index in [2.05, 4.69) is 14.7 Å². The fraction of sp³-hybridized carbons (Fsp3) is 0.0909. The molecule has 0 saturated heterocycles. The number of aromatic nitrogens is 2. The molecule has 20 heavy (non-hydrogen) atoms. The molecule has 2 aromatic rings. The molecule has 0 spiro atoms. The van der Waals surface area contributed by atoms with Gasteiger partial charge in [-0.3, -0.25) is 4.72 Å². The predicted octanol–water partition coefficient (Wildman–Crippen LogP) is 3.03. The van der Waals surface area contributed by atoms with Gasteiger partial charge in [-0.2, -0.15) is 4.98 Å². The first-order valence-electron chi connectivity index (χ1n) is 5.27. The minimum Gasteiger partial charge on any atom is -0.263 e. The van der Waals surface area contributed by atoms with Gasteiger partial charge in [0.1, 0.15) is 21.7 Å². The molecule has 2 rings (SSSR count). The van der Waals surface area contributed by atoms with Crippen molar-refractivity contribution in [3.05, 3.63) is 46.1 Å². The molecule has 0 amide bonds. The van der Waals surface area contributed by atoms with Crippen LogP contribution >= 0.6 is 23.2 Å². The lowest BCUT2D eigenvalue weighted by Crippen LogP contribution is -2.16. The van der Waals surface area contributed by atoms with E-state index >= 15 is 0 Å². The van der Waals surface area contributed by atoms with Gasteiger partial charge in [0.2, 0.25) is 5.28 Å². The molecule has 1 aromatic carbocycles. The molecule has 106 valence electrons. The minimum absolute atomic E-state index is 0.0348. The maximum Gasteiger partial charge on any atom is 0.265 e. The Bertz CT molecular complexity index is 748. The Kier molecular flexibility index (Phi) is 4.12. The summed E-state index contributed by atoms with van der Waals surface area (Å²) in [5.41, 5.74) is 0.602. The summed E-state index contributed by atoms with van der Waals surface area (Å²) >= 11 is 11.2. The summed E-state index contributed by atoms with van der Waals surface area (Å²) in [4.78, 5) is 6.75. The van der Waals surface area contributed by atoms with Crippen molar-refractivity contribution < 1.29 is 12.8 Å². The molecule has 0 aliphatic rings. The summed E-state index contributed by atoms with van der Waals surface area (Å²) in [7, 11) is -4.13. The van der Waals surface area contributed by atoms with Gasteiger partial charge in [-0.05, 0) is 36.2 Å². The van der Waals surface area contributed by atoms with E-state index in [0.717, 1.165) is 6.07 Å². The van der Waals surface area contributed by atoms with Crippen LogP contribution in [0, 0.1) is 12.7 Å². The molecule has 1 aromatic heterocycles. The number of nitrogens with one attached hydrogen (secondary N) is 1. The van der Waals surface area contributed by atoms with Crippen LogP contribution in [0.1, 0.15) is 5.56 Å². The van der Waals surface area contributed by atoms with E-state index in [1.165, 1.54) is 18.2 Å². The Labute approximate surface area is 124 Å². The molecule has 1 heterocycles. The first-order chi connectivity index (χ1) is 9.28. The lowest BCUT2D eigenvalue weighted by Gasteiger charge is -2.09. The van der Waals surface area contributed by atoms with Crippen molar-refractivity contribution in [1.82, 2.24) is 9.97 Å². The zero-order valence-electron chi connectivity index (χ0n) is 10.1. The topological polar surface area (TPSA) is 72.0 Å². The number of rotatable bonds is 3. The Morgan fingerprint density at radius 2 is 1.90 bits per heavy atom. The lowest BCUT2D eigenvalue weighted by molar-refractivity contribution is 0.569. The van der Waals surface area contributed by atoms with Crippen LogP contribution in [0.5, 0.6) is 0 Å². The van der Waals surface area contributed by atoms with Crippen molar-refractivity contribution in [1.29, 1.82) is 0 Å². The number of halogens is 3. The summed E-state index contributed by atoms with van der Waals surface area (Å²) in [5, 5.41) is -0.257. The summed E-state index contributed by atoms with van der Waals surface area (Å²) in [6.45, 7) is 1.65. The highest BCUT2D eigenvalue weighted by Crippen LogP contribution is 2.21. The first kappa shape index (κ1) is 15.0. The molecule has 1 N–H and O–H groups in total. The van der Waals surface area contributed by atoms with Gasteiger partial charge < -0.3 is 0 Å². The third-order valence-corrected chi connectivity index (χ3v) is 4.02. The molecule has 0 aliphatic carbocycles. The van der Waals surface area contributed by atoms with Gasteiger partial charge >= 0.3 is 0 Å². The molecule has 0 bridgehead atoms. The monoisotopic (exact) mass is 335 g/mol. The van der Waals surface area contributed by atoms with Crippen LogP contribution in [-0.2, 0) is 10.0 Å². The van der Waals surface area contributed by atoms with E-state index in [1.807, 2.05) is 0 Å². The van der Waals surface area contributed by atoms with E-state index in [-0.39, 0.29) is 16.3 Å². The van der Waals surface area contributed by atoms with Crippen molar-refractivity contribution in [2.24, 2.45) is 0 Å². The maximum absolute atomic E-state index is 13.6. The van der Waals surface area contributed by atoms with Crippen molar-refractivity contribution in [3.63, 3.8) is 0 Å². The molecule has 0 radical (unpaired) electrons. The van der Waals surface area contributed by atoms with Crippen LogP contribution in [0.25, 0.3) is 0 Å². The average molecular weight is 336 g/mol. The quantitative estimate of drug-likeness (QED) is 0.691. The van der Waals surface area contributed by atoms with Crippen molar-refractivity contribution in [2.45, 2.75) is 11.8 Å². The van der Waals surface area contributed by atoms with Gasteiger partial charge in [-0.25, -0.2) is 17.8 Å². The third-order valence-electron chi connectivity index (χ3n) is 2.28. The zero-order chi connectivity index (χ0) is 14.9. The molecule has 0 fully saturated rings. The molecular formula is C11H8Cl2FN3O2S. The second-order valence-electron chi connectivity index (χ2n) is 3.88. The second kappa shape index (κ2) is 5.51. The lowest BCUT2D eigenvalue weighted by atomic mass is 10.2. The van der Waals surface area contributed by atoms with Crippen LogP contribution in [0.4, 0.5) is 10.2 Å². The number of nitrogens with zero attached hydrogens (tertiary/aromatic N) is 2. The summed E-state index contributed by atoms with van der Waals surface area (Å²) in [5.74, 6) is -1.01. The first-order valence-corrected chi connectivity index (χ1v) is 7.51. The number of hydrogen-bond donors (Lipinski definition) is 1. The number of hydrogen-bond acceptors (Lipinski definition) is 4. The van der Waals surface area contributed by atoms with Crippen LogP contribution in [-0.4, -0.2) is 18.4 Å². The fourth-order valence-electron chi connectivity index (χ4n) is 1.45. The largest absolute Gasteiger partial charge is 0.265 e. The Balaban J connectivity index is 2.43. The van der Waals surface area contributed by atoms with E-state index < -0.39 is 20.7 Å². The molecule has 9 heteroatoms. The standard InChI is InChI=1S/C11H8Cl2FN3O2S/c1-6-2-3-7(14)8(4-6)20(18,19)17-10-5-9(12)15-11(13)16-10/h2-5H,1H3,(H,15,16,17). The molecule has 0 aliphatic heterocycles. The Morgan fingerprint density at radius 1 is 1.20 bits per heavy atom. The normalized spacial score (nSPS) is 11.4. The summed E-state index contributed by atoms with van der Waals surface area (Å²) < 4.78 is 39.9. The van der Waals surface area contributed by atoms with Gasteiger partial charge in [-0.1, -0.05) is 17.7 Å². The predicted molar refractivity (Wildman–Crippen MR) is 74.0 cm³/mol. The Hall–Kier alpha value is -1.44. The van der Waals surface area contributed by atoms with Crippen LogP contribution in [0.15, 0.2) is 29.2 Å². The molecule has 0 saturated carbocycles. The van der Waals surface area contributed by atoms with E-state index in [9.17, 15) is 12.8 Å². The molecule has 0 atom stereocenters. The van der Waals surface area contributed by atoms with Gasteiger partial charge in [0.05, 0.1) is 0 Å². The van der Waals surface area contributed by atoms with Gasteiger partial charge in [-0.15, -0.1) is 0 Å². The van der Waals surface area contributed by atoms with Crippen molar-refractivity contribution in [3.8, 4) is 0 Å². The number of benzene rings is 1. The minimum atomic E-state index is -4.13. The molecular weight excluding hydrogens is 328 g/mol. The van der Waals surface area contributed by atoms with Gasteiger partial charge in [0, 0.05) is 6.07 Å². The van der Waals surface area contributed by atoms with Crippen molar-refractivity contribution >= 4 is 39.0 Å². The van der Waals surface area contributed by atoms with Crippen LogP contribution in [0.3, 0.4) is 0 Å². The highest BCUT2D eigenvalue weighted by atomic mass is 35.5. The second-order valence-corrected chi connectivity index (χ2v) is 6.26. The van der Waals surface area contributed by atoms with Crippen molar-refractivity contribution in [2.75, 3.05) is 4.72 Å². The molecule has 5 nitrogen and oxygen atoms in total. The van der Waals surface area contributed by atoms with E-state index in [0.29, 0.717) is 5.56 Å². The highest BCUT2D eigenvalue weighted by Gasteiger charge is 2.20. The number of aryl methyl sites for hydroxylation is 1. The third kappa shape index (κ3) is 3.36. The van der Waals surface area contributed by atoms with Crippen LogP contribution < -0.4 is 4.72 Å². The average Bonchev–Trinajstić information content (AvgIpc) is 2.30. The van der Waals surface area contributed by atoms with Gasteiger partial charge in [0.15, 0.2) is 0 Å².